The third-order valence-electron chi connectivity index (χ3n) is 3.11. The van der Waals surface area contributed by atoms with Crippen LogP contribution in [0.25, 0.3) is 11.7 Å². The quantitative estimate of drug-likeness (QED) is 0.515. The average molecular weight is 363 g/mol. The molecule has 0 radical (unpaired) electrons. The summed E-state index contributed by atoms with van der Waals surface area (Å²) in [5.74, 6) is -2.44. The number of imidazole rings is 1. The number of halogens is 3. The molecular formula is C16H9BrF2N2O. The maximum Gasteiger partial charge on any atom is 0.186 e. The van der Waals surface area contributed by atoms with Crippen molar-refractivity contribution in [2.75, 3.05) is 0 Å². The first-order valence-corrected chi connectivity index (χ1v) is 7.14. The van der Waals surface area contributed by atoms with Crippen LogP contribution in [0.5, 0.6) is 0 Å². The number of hydrogen-bond donors (Lipinski definition) is 0. The van der Waals surface area contributed by atoms with Gasteiger partial charge in [-0.05, 0) is 58.4 Å². The predicted molar refractivity (Wildman–Crippen MR) is 82.6 cm³/mol. The first-order valence-electron chi connectivity index (χ1n) is 6.35. The fourth-order valence-electron chi connectivity index (χ4n) is 2.00. The van der Waals surface area contributed by atoms with Crippen molar-refractivity contribution >= 4 is 33.4 Å². The van der Waals surface area contributed by atoms with Crippen LogP contribution < -0.4 is 0 Å². The van der Waals surface area contributed by atoms with Crippen LogP contribution in [0, 0.1) is 11.6 Å². The van der Waals surface area contributed by atoms with E-state index in [0.717, 1.165) is 22.3 Å². The lowest BCUT2D eigenvalue weighted by atomic mass is 10.1. The Morgan fingerprint density at radius 3 is 2.77 bits per heavy atom. The van der Waals surface area contributed by atoms with Gasteiger partial charge in [-0.3, -0.25) is 9.20 Å². The first kappa shape index (κ1) is 14.6. The van der Waals surface area contributed by atoms with Gasteiger partial charge in [-0.15, -0.1) is 0 Å². The molecule has 0 saturated carbocycles. The molecule has 110 valence electrons. The van der Waals surface area contributed by atoms with E-state index in [1.165, 1.54) is 12.1 Å². The number of nitrogens with zero attached hydrogens (tertiary/aromatic N) is 2. The van der Waals surface area contributed by atoms with Gasteiger partial charge in [-0.2, -0.15) is 0 Å². The molecule has 2 aromatic heterocycles. The summed E-state index contributed by atoms with van der Waals surface area (Å²) in [6.45, 7) is 0. The van der Waals surface area contributed by atoms with Crippen LogP contribution in [-0.2, 0) is 0 Å². The second-order valence-corrected chi connectivity index (χ2v) is 5.50. The van der Waals surface area contributed by atoms with E-state index in [9.17, 15) is 13.6 Å². The van der Waals surface area contributed by atoms with Crippen LogP contribution in [0.1, 0.15) is 16.1 Å². The van der Waals surface area contributed by atoms with Gasteiger partial charge in [-0.1, -0.05) is 0 Å². The van der Waals surface area contributed by atoms with Gasteiger partial charge in [0.2, 0.25) is 0 Å². The average Bonchev–Trinajstić information content (AvgIpc) is 2.90. The molecule has 0 N–H and O–H groups in total. The van der Waals surface area contributed by atoms with Crippen LogP contribution >= 0.6 is 15.9 Å². The summed E-state index contributed by atoms with van der Waals surface area (Å²) in [7, 11) is 0. The minimum absolute atomic E-state index is 0.0881. The highest BCUT2D eigenvalue weighted by molar-refractivity contribution is 9.10. The molecule has 0 atom stereocenters. The van der Waals surface area contributed by atoms with E-state index in [2.05, 4.69) is 20.9 Å². The van der Waals surface area contributed by atoms with Crippen molar-refractivity contribution < 1.29 is 13.6 Å². The number of hydrogen-bond acceptors (Lipinski definition) is 2. The van der Waals surface area contributed by atoms with Crippen molar-refractivity contribution in [3.63, 3.8) is 0 Å². The van der Waals surface area contributed by atoms with E-state index >= 15 is 0 Å². The van der Waals surface area contributed by atoms with Gasteiger partial charge in [0.05, 0.1) is 11.9 Å². The number of ketones is 1. The zero-order valence-electron chi connectivity index (χ0n) is 11.1. The lowest BCUT2D eigenvalue weighted by Gasteiger charge is -1.99. The molecule has 0 aliphatic heterocycles. The molecule has 1 aromatic carbocycles. The molecule has 0 aliphatic rings. The van der Waals surface area contributed by atoms with E-state index in [0.29, 0.717) is 5.69 Å². The predicted octanol–water partition coefficient (Wildman–Crippen LogP) is 4.27. The summed E-state index contributed by atoms with van der Waals surface area (Å²) in [6, 6.07) is 6.76. The Kier molecular flexibility index (Phi) is 3.85. The Morgan fingerprint density at radius 1 is 1.18 bits per heavy atom. The highest BCUT2D eigenvalue weighted by Gasteiger charge is 2.08. The molecule has 3 nitrogen and oxygen atoms in total. The summed E-state index contributed by atoms with van der Waals surface area (Å²) < 4.78 is 28.7. The summed E-state index contributed by atoms with van der Waals surface area (Å²) in [5, 5.41) is 0. The fraction of sp³-hybridized carbons (Fsp3) is 0. The third-order valence-corrected chi connectivity index (χ3v) is 3.58. The lowest BCUT2D eigenvalue weighted by molar-refractivity contribution is 0.104. The molecule has 0 aliphatic carbocycles. The van der Waals surface area contributed by atoms with Gasteiger partial charge in [-0.25, -0.2) is 13.8 Å². The molecule has 0 amide bonds. The second-order valence-electron chi connectivity index (χ2n) is 4.59. The highest BCUT2D eigenvalue weighted by atomic mass is 79.9. The summed E-state index contributed by atoms with van der Waals surface area (Å²) in [6.07, 6.45) is 6.33. The van der Waals surface area contributed by atoms with Gasteiger partial charge in [0.15, 0.2) is 17.4 Å². The smallest absolute Gasteiger partial charge is 0.186 e. The van der Waals surface area contributed by atoms with Gasteiger partial charge in [0, 0.05) is 16.2 Å². The molecule has 6 heteroatoms. The van der Waals surface area contributed by atoms with Crippen LogP contribution in [0.3, 0.4) is 0 Å². The minimum Gasteiger partial charge on any atom is -0.299 e. The number of benzene rings is 1. The van der Waals surface area contributed by atoms with Gasteiger partial charge in [0.1, 0.15) is 5.65 Å². The largest absolute Gasteiger partial charge is 0.299 e. The van der Waals surface area contributed by atoms with Gasteiger partial charge in [0.25, 0.3) is 0 Å². The number of allylic oxidation sites excluding steroid dienone is 1. The standard InChI is InChI=1S/C16H9BrF2N2O/c17-11-2-6-16-20-8-12(21(16)9-11)3-5-15(22)10-1-4-13(18)14(19)7-10/h1-9H/b5-3+. The summed E-state index contributed by atoms with van der Waals surface area (Å²) in [4.78, 5) is 16.2. The Morgan fingerprint density at radius 2 is 2.00 bits per heavy atom. The minimum atomic E-state index is -1.04. The molecule has 22 heavy (non-hydrogen) atoms. The normalized spacial score (nSPS) is 11.4. The van der Waals surface area contributed by atoms with Crippen LogP contribution in [-0.4, -0.2) is 15.2 Å². The monoisotopic (exact) mass is 362 g/mol. The zero-order valence-corrected chi connectivity index (χ0v) is 12.7. The second kappa shape index (κ2) is 5.81. The zero-order chi connectivity index (χ0) is 15.7. The molecule has 0 bridgehead atoms. The van der Waals surface area contributed by atoms with E-state index in [-0.39, 0.29) is 5.56 Å². The summed E-state index contributed by atoms with van der Waals surface area (Å²) >= 11 is 3.37. The third kappa shape index (κ3) is 2.82. The highest BCUT2D eigenvalue weighted by Crippen LogP contribution is 2.15. The molecule has 0 unspecified atom stereocenters. The molecule has 2 heterocycles. The molecule has 0 spiro atoms. The van der Waals surface area contributed by atoms with Crippen molar-refractivity contribution in [3.05, 3.63) is 76.2 Å². The number of pyridine rings is 1. The van der Waals surface area contributed by atoms with E-state index in [1.54, 1.807) is 16.7 Å². The number of rotatable bonds is 3. The maximum absolute atomic E-state index is 13.1. The molecule has 3 aromatic rings. The topological polar surface area (TPSA) is 34.4 Å². The molecular weight excluding hydrogens is 354 g/mol. The Labute approximate surface area is 133 Å². The molecule has 0 saturated heterocycles. The van der Waals surface area contributed by atoms with Gasteiger partial charge < -0.3 is 0 Å². The van der Waals surface area contributed by atoms with Crippen molar-refractivity contribution in [2.24, 2.45) is 0 Å². The van der Waals surface area contributed by atoms with Crippen molar-refractivity contribution in [3.8, 4) is 0 Å². The van der Waals surface area contributed by atoms with E-state index < -0.39 is 17.4 Å². The molecule has 3 rings (SSSR count). The van der Waals surface area contributed by atoms with E-state index in [1.807, 2.05) is 18.3 Å². The number of aromatic nitrogens is 2. The van der Waals surface area contributed by atoms with Crippen LogP contribution in [0.15, 0.2) is 53.3 Å². The lowest BCUT2D eigenvalue weighted by Crippen LogP contribution is -1.97. The maximum atomic E-state index is 13.1. The number of carbonyl (C=O) groups is 1. The van der Waals surface area contributed by atoms with E-state index in [4.69, 9.17) is 0 Å². The Hall–Kier alpha value is -2.34. The van der Waals surface area contributed by atoms with Gasteiger partial charge >= 0.3 is 0 Å². The number of fused-ring (bicyclic) bond motifs is 1. The van der Waals surface area contributed by atoms with Crippen molar-refractivity contribution in [1.29, 1.82) is 0 Å². The van der Waals surface area contributed by atoms with Crippen LogP contribution in [0.2, 0.25) is 0 Å². The SMILES string of the molecule is O=C(/C=C/c1cnc2ccc(Br)cn12)c1ccc(F)c(F)c1. The van der Waals surface area contributed by atoms with Crippen LogP contribution in [0.4, 0.5) is 8.78 Å². The summed E-state index contributed by atoms with van der Waals surface area (Å²) in [5.41, 5.74) is 1.53. The Balaban J connectivity index is 1.90. The first-order chi connectivity index (χ1) is 10.5. The van der Waals surface area contributed by atoms with Crippen molar-refractivity contribution in [1.82, 2.24) is 9.38 Å². The molecule has 0 fully saturated rings. The van der Waals surface area contributed by atoms with Crippen molar-refractivity contribution in [2.45, 2.75) is 0 Å². The number of carbonyl (C=O) groups excluding carboxylic acids is 1. The fourth-order valence-corrected chi connectivity index (χ4v) is 2.34. The Bertz CT molecular complexity index is 902.